The number of carbonyl (C=O) groups excluding carboxylic acids is 1. The first kappa shape index (κ1) is 20.5. The van der Waals surface area contributed by atoms with Crippen molar-refractivity contribution in [2.24, 2.45) is 0 Å². The van der Waals surface area contributed by atoms with Gasteiger partial charge in [-0.05, 0) is 55.3 Å². The van der Waals surface area contributed by atoms with Gasteiger partial charge in [0, 0.05) is 30.9 Å². The lowest BCUT2D eigenvalue weighted by Crippen LogP contribution is -2.36. The summed E-state index contributed by atoms with van der Waals surface area (Å²) in [6, 6.07) is 12.4. The van der Waals surface area contributed by atoms with Crippen LogP contribution in [-0.2, 0) is 11.2 Å². The van der Waals surface area contributed by atoms with Gasteiger partial charge in [0.2, 0.25) is 0 Å². The first-order chi connectivity index (χ1) is 14.5. The molecule has 2 heterocycles. The van der Waals surface area contributed by atoms with Gasteiger partial charge in [-0.3, -0.25) is 4.79 Å². The molecule has 1 aromatic heterocycles. The molecule has 0 aliphatic carbocycles. The van der Waals surface area contributed by atoms with E-state index in [-0.39, 0.29) is 11.7 Å². The van der Waals surface area contributed by atoms with Gasteiger partial charge < -0.3 is 15.0 Å². The van der Waals surface area contributed by atoms with E-state index in [1.807, 2.05) is 26.0 Å². The highest BCUT2D eigenvalue weighted by atomic mass is 32.1. The Hall–Kier alpha value is -2.77. The van der Waals surface area contributed by atoms with Gasteiger partial charge in [-0.15, -0.1) is 11.3 Å². The van der Waals surface area contributed by atoms with E-state index in [0.717, 1.165) is 53.8 Å². The van der Waals surface area contributed by atoms with Crippen molar-refractivity contribution < 1.29 is 13.9 Å². The molecule has 2 aromatic carbocycles. The van der Waals surface area contributed by atoms with Gasteiger partial charge in [-0.25, -0.2) is 9.37 Å². The third kappa shape index (κ3) is 4.68. The standard InChI is InChI=1S/C23H24FN3O2S/c1-15-13-19(27-9-11-29-12-10-27)7-8-20(15)26-23(28)22-16(2)25-21(30-22)14-17-3-5-18(24)6-4-17/h3-8,13H,9-12,14H2,1-2H3,(H,26,28). The maximum atomic E-state index is 13.1. The number of amides is 1. The van der Waals surface area contributed by atoms with Crippen molar-refractivity contribution in [1.82, 2.24) is 4.98 Å². The average Bonchev–Trinajstić information content (AvgIpc) is 3.12. The Morgan fingerprint density at radius 3 is 2.60 bits per heavy atom. The van der Waals surface area contributed by atoms with Gasteiger partial charge in [0.25, 0.3) is 5.91 Å². The maximum absolute atomic E-state index is 13.1. The second-order valence-corrected chi connectivity index (χ2v) is 8.46. The van der Waals surface area contributed by atoms with Crippen LogP contribution in [0.1, 0.15) is 31.5 Å². The Balaban J connectivity index is 1.46. The van der Waals surface area contributed by atoms with Gasteiger partial charge in [0.15, 0.2) is 0 Å². The summed E-state index contributed by atoms with van der Waals surface area (Å²) in [5.74, 6) is -0.415. The molecule has 1 aliphatic heterocycles. The summed E-state index contributed by atoms with van der Waals surface area (Å²) in [6.07, 6.45) is 0.576. The molecule has 0 saturated carbocycles. The minimum atomic E-state index is -0.260. The number of ether oxygens (including phenoxy) is 1. The fourth-order valence-electron chi connectivity index (χ4n) is 3.50. The van der Waals surface area contributed by atoms with E-state index in [0.29, 0.717) is 17.0 Å². The number of nitrogens with zero attached hydrogens (tertiary/aromatic N) is 2. The molecule has 0 unspecified atom stereocenters. The summed E-state index contributed by atoms with van der Waals surface area (Å²) in [7, 11) is 0. The normalized spacial score (nSPS) is 14.0. The predicted octanol–water partition coefficient (Wildman–Crippen LogP) is 4.58. The van der Waals surface area contributed by atoms with Gasteiger partial charge in [-0.1, -0.05) is 12.1 Å². The number of rotatable bonds is 5. The fourth-order valence-corrected chi connectivity index (χ4v) is 4.49. The van der Waals surface area contributed by atoms with Crippen LogP contribution in [-0.4, -0.2) is 37.2 Å². The maximum Gasteiger partial charge on any atom is 0.267 e. The van der Waals surface area contributed by atoms with E-state index in [9.17, 15) is 9.18 Å². The molecule has 1 fully saturated rings. The van der Waals surface area contributed by atoms with Crippen LogP contribution < -0.4 is 10.2 Å². The molecule has 156 valence electrons. The summed E-state index contributed by atoms with van der Waals surface area (Å²) >= 11 is 1.38. The van der Waals surface area contributed by atoms with E-state index in [4.69, 9.17) is 4.74 Å². The third-order valence-electron chi connectivity index (χ3n) is 5.15. The lowest BCUT2D eigenvalue weighted by Gasteiger charge is -2.29. The highest BCUT2D eigenvalue weighted by molar-refractivity contribution is 7.14. The lowest BCUT2D eigenvalue weighted by molar-refractivity contribution is 0.102. The number of benzene rings is 2. The SMILES string of the molecule is Cc1cc(N2CCOCC2)ccc1NC(=O)c1sc(Cc2ccc(F)cc2)nc1C. The second kappa shape index (κ2) is 8.93. The summed E-state index contributed by atoms with van der Waals surface area (Å²) in [4.78, 5) is 20.3. The Bertz CT molecular complexity index is 1040. The van der Waals surface area contributed by atoms with Crippen molar-refractivity contribution in [3.63, 3.8) is 0 Å². The summed E-state index contributed by atoms with van der Waals surface area (Å²) < 4.78 is 18.5. The average molecular weight is 426 g/mol. The smallest absolute Gasteiger partial charge is 0.267 e. The van der Waals surface area contributed by atoms with E-state index in [1.165, 1.54) is 23.5 Å². The van der Waals surface area contributed by atoms with Crippen LogP contribution in [0.15, 0.2) is 42.5 Å². The Labute approximate surface area is 179 Å². The van der Waals surface area contributed by atoms with Crippen molar-refractivity contribution >= 4 is 28.6 Å². The zero-order chi connectivity index (χ0) is 21.1. The second-order valence-electron chi connectivity index (χ2n) is 7.38. The minimum Gasteiger partial charge on any atom is -0.378 e. The van der Waals surface area contributed by atoms with Crippen molar-refractivity contribution in [2.75, 3.05) is 36.5 Å². The molecule has 0 atom stereocenters. The number of carbonyl (C=O) groups is 1. The Kier molecular flexibility index (Phi) is 6.11. The molecule has 1 amide bonds. The van der Waals surface area contributed by atoms with Crippen LogP contribution in [0.3, 0.4) is 0 Å². The number of morpholine rings is 1. The quantitative estimate of drug-likeness (QED) is 0.650. The number of hydrogen-bond acceptors (Lipinski definition) is 5. The molecule has 0 bridgehead atoms. The molecule has 30 heavy (non-hydrogen) atoms. The molecule has 1 N–H and O–H groups in total. The van der Waals surface area contributed by atoms with Gasteiger partial charge in [0.05, 0.1) is 23.9 Å². The van der Waals surface area contributed by atoms with Crippen LogP contribution in [0, 0.1) is 19.7 Å². The Morgan fingerprint density at radius 1 is 1.17 bits per heavy atom. The molecule has 1 aliphatic rings. The van der Waals surface area contributed by atoms with E-state index in [1.54, 1.807) is 12.1 Å². The molecule has 5 nitrogen and oxygen atoms in total. The van der Waals surface area contributed by atoms with E-state index in [2.05, 4.69) is 21.3 Å². The molecular formula is C23H24FN3O2S. The van der Waals surface area contributed by atoms with Crippen LogP contribution >= 0.6 is 11.3 Å². The number of aryl methyl sites for hydroxylation is 2. The monoisotopic (exact) mass is 425 g/mol. The molecule has 1 saturated heterocycles. The zero-order valence-electron chi connectivity index (χ0n) is 17.1. The van der Waals surface area contributed by atoms with Crippen LogP contribution in [0.25, 0.3) is 0 Å². The molecule has 3 aromatic rings. The van der Waals surface area contributed by atoms with Crippen molar-refractivity contribution in [1.29, 1.82) is 0 Å². The van der Waals surface area contributed by atoms with E-state index < -0.39 is 0 Å². The summed E-state index contributed by atoms with van der Waals surface area (Å²) in [5.41, 5.74) is 4.62. The molecule has 4 rings (SSSR count). The number of aromatic nitrogens is 1. The number of anilines is 2. The predicted molar refractivity (Wildman–Crippen MR) is 118 cm³/mol. The summed E-state index contributed by atoms with van der Waals surface area (Å²) in [6.45, 7) is 7.07. The highest BCUT2D eigenvalue weighted by Crippen LogP contribution is 2.26. The van der Waals surface area contributed by atoms with Crippen molar-refractivity contribution in [3.05, 3.63) is 75.0 Å². The van der Waals surface area contributed by atoms with Crippen LogP contribution in [0.4, 0.5) is 15.8 Å². The molecule has 7 heteroatoms. The van der Waals surface area contributed by atoms with Crippen LogP contribution in [0.2, 0.25) is 0 Å². The Morgan fingerprint density at radius 2 is 1.90 bits per heavy atom. The number of halogens is 1. The van der Waals surface area contributed by atoms with Crippen molar-refractivity contribution in [3.8, 4) is 0 Å². The highest BCUT2D eigenvalue weighted by Gasteiger charge is 2.17. The number of thiazole rings is 1. The largest absolute Gasteiger partial charge is 0.378 e. The van der Waals surface area contributed by atoms with Gasteiger partial charge >= 0.3 is 0 Å². The fraction of sp³-hybridized carbons (Fsp3) is 0.304. The van der Waals surface area contributed by atoms with Crippen molar-refractivity contribution in [2.45, 2.75) is 20.3 Å². The third-order valence-corrected chi connectivity index (χ3v) is 6.31. The van der Waals surface area contributed by atoms with E-state index >= 15 is 0 Å². The first-order valence-electron chi connectivity index (χ1n) is 9.95. The number of nitrogens with one attached hydrogen (secondary N) is 1. The van der Waals surface area contributed by atoms with Gasteiger partial charge in [0.1, 0.15) is 10.7 Å². The molecule has 0 spiro atoms. The summed E-state index contributed by atoms with van der Waals surface area (Å²) in [5, 5.41) is 3.86. The molecule has 0 radical (unpaired) electrons. The van der Waals surface area contributed by atoms with Gasteiger partial charge in [-0.2, -0.15) is 0 Å². The zero-order valence-corrected chi connectivity index (χ0v) is 17.9. The topological polar surface area (TPSA) is 54.5 Å². The molecular weight excluding hydrogens is 401 g/mol. The van der Waals surface area contributed by atoms with Crippen LogP contribution in [0.5, 0.6) is 0 Å². The minimum absolute atomic E-state index is 0.155. The number of hydrogen-bond donors (Lipinski definition) is 1. The lowest BCUT2D eigenvalue weighted by atomic mass is 10.1. The first-order valence-corrected chi connectivity index (χ1v) is 10.8.